The molecule has 3 nitrogen and oxygen atoms in total. The molecule has 0 bridgehead atoms. The van der Waals surface area contributed by atoms with Gasteiger partial charge in [-0.25, -0.2) is 0 Å². The zero-order valence-electron chi connectivity index (χ0n) is 11.4. The summed E-state index contributed by atoms with van der Waals surface area (Å²) < 4.78 is 11.5. The number of aliphatic hydroxyl groups excluding tert-OH is 1. The maximum Gasteiger partial charge on any atom is 0.247 e. The first-order chi connectivity index (χ1) is 7.75. The van der Waals surface area contributed by atoms with Crippen LogP contribution in [-0.2, 0) is 20.9 Å². The van der Waals surface area contributed by atoms with Crippen molar-refractivity contribution >= 4 is 28.9 Å². The minimum Gasteiger partial charge on any atom is -0.393 e. The summed E-state index contributed by atoms with van der Waals surface area (Å²) in [5, 5.41) is 9.31. The molecule has 0 fully saturated rings. The maximum atomic E-state index is 9.31. The second kappa shape index (κ2) is 8.89. The molecule has 0 radical (unpaired) electrons. The first kappa shape index (κ1) is 17.9. The highest BCUT2D eigenvalue weighted by Crippen LogP contribution is 2.61. The van der Waals surface area contributed by atoms with Crippen LogP contribution in [0.5, 0.6) is 0 Å². The van der Waals surface area contributed by atoms with Crippen LogP contribution in [0.15, 0.2) is 0 Å². The van der Waals surface area contributed by atoms with Gasteiger partial charge in [-0.05, 0) is 30.6 Å². The average molecular weight is 300 g/mol. The van der Waals surface area contributed by atoms with Gasteiger partial charge in [0.25, 0.3) is 0 Å². The first-order valence-corrected chi connectivity index (χ1v) is 10.2. The van der Waals surface area contributed by atoms with Crippen LogP contribution in [-0.4, -0.2) is 30.2 Å². The van der Waals surface area contributed by atoms with Gasteiger partial charge in [-0.3, -0.25) is 0 Å². The normalized spacial score (nSPS) is 14.6. The van der Waals surface area contributed by atoms with Crippen molar-refractivity contribution in [2.45, 2.75) is 40.7 Å². The molecule has 0 rings (SSSR count). The summed E-state index contributed by atoms with van der Waals surface area (Å²) in [6, 6.07) is 0. The number of hydrogen-bond acceptors (Lipinski definition) is 5. The second-order valence-electron chi connectivity index (χ2n) is 4.97. The van der Waals surface area contributed by atoms with E-state index >= 15 is 0 Å². The molecule has 0 spiro atoms. The molecule has 1 unspecified atom stereocenters. The van der Waals surface area contributed by atoms with Crippen molar-refractivity contribution < 1.29 is 14.2 Å². The van der Waals surface area contributed by atoms with E-state index in [-0.39, 0.29) is 6.10 Å². The Morgan fingerprint density at radius 3 is 1.76 bits per heavy atom. The predicted molar refractivity (Wildman–Crippen MR) is 80.0 cm³/mol. The Kier molecular flexibility index (Phi) is 9.35. The zero-order valence-corrected chi connectivity index (χ0v) is 13.9. The SMILES string of the molecule is CC(C)COP(=S)(OCC(C)C)SCC(C)O. The standard InChI is InChI=1S/C11H25O3PS2/c1-9(2)6-13-15(16,14-7-10(3)4)17-8-11(5)12/h9-12H,6-8H2,1-5H3. The third kappa shape index (κ3) is 10.5. The van der Waals surface area contributed by atoms with Gasteiger partial charge >= 0.3 is 0 Å². The molecule has 0 aliphatic heterocycles. The fraction of sp³-hybridized carbons (Fsp3) is 1.00. The summed E-state index contributed by atoms with van der Waals surface area (Å²) >= 11 is 6.92. The van der Waals surface area contributed by atoms with Crippen molar-refractivity contribution in [3.63, 3.8) is 0 Å². The van der Waals surface area contributed by atoms with Crippen LogP contribution in [0.1, 0.15) is 34.6 Å². The van der Waals surface area contributed by atoms with Crippen LogP contribution < -0.4 is 0 Å². The summed E-state index contributed by atoms with van der Waals surface area (Å²) in [7, 11) is 0. The van der Waals surface area contributed by atoms with Gasteiger partial charge in [0.05, 0.1) is 19.3 Å². The number of rotatable bonds is 9. The first-order valence-electron chi connectivity index (χ1n) is 5.97. The van der Waals surface area contributed by atoms with Gasteiger partial charge < -0.3 is 14.2 Å². The van der Waals surface area contributed by atoms with Crippen molar-refractivity contribution in [2.24, 2.45) is 11.8 Å². The van der Waals surface area contributed by atoms with Gasteiger partial charge in [-0.2, -0.15) is 0 Å². The highest BCUT2D eigenvalue weighted by molar-refractivity contribution is 8.67. The number of aliphatic hydroxyl groups is 1. The molecule has 104 valence electrons. The Balaban J connectivity index is 4.29. The van der Waals surface area contributed by atoms with Crippen LogP contribution >= 0.6 is 17.1 Å². The quantitative estimate of drug-likeness (QED) is 0.658. The van der Waals surface area contributed by atoms with E-state index in [9.17, 15) is 5.11 Å². The van der Waals surface area contributed by atoms with Crippen molar-refractivity contribution in [3.8, 4) is 0 Å². The third-order valence-electron chi connectivity index (χ3n) is 1.61. The minimum atomic E-state index is -2.29. The fourth-order valence-electron chi connectivity index (χ4n) is 0.792. The van der Waals surface area contributed by atoms with Gasteiger partial charge in [0.2, 0.25) is 5.69 Å². The lowest BCUT2D eigenvalue weighted by Gasteiger charge is -2.24. The molecule has 6 heteroatoms. The lowest BCUT2D eigenvalue weighted by atomic mass is 10.2. The summed E-state index contributed by atoms with van der Waals surface area (Å²) in [4.78, 5) is 0. The molecule has 0 saturated heterocycles. The van der Waals surface area contributed by atoms with E-state index in [4.69, 9.17) is 20.9 Å². The molecule has 0 aromatic heterocycles. The van der Waals surface area contributed by atoms with E-state index in [0.29, 0.717) is 30.8 Å². The summed E-state index contributed by atoms with van der Waals surface area (Å²) in [6.45, 7) is 11.3. The molecular weight excluding hydrogens is 275 g/mol. The zero-order chi connectivity index (χ0) is 13.5. The average Bonchev–Trinajstić information content (AvgIpc) is 2.21. The summed E-state index contributed by atoms with van der Waals surface area (Å²) in [5.41, 5.74) is -2.29. The highest BCUT2D eigenvalue weighted by Gasteiger charge is 2.22. The van der Waals surface area contributed by atoms with Crippen molar-refractivity contribution in [3.05, 3.63) is 0 Å². The van der Waals surface area contributed by atoms with Gasteiger partial charge in [-0.1, -0.05) is 39.1 Å². The Hall–Kier alpha value is 0.880. The molecule has 17 heavy (non-hydrogen) atoms. The maximum absolute atomic E-state index is 9.31. The lowest BCUT2D eigenvalue weighted by molar-refractivity contribution is 0.214. The van der Waals surface area contributed by atoms with E-state index in [1.54, 1.807) is 6.92 Å². The molecule has 1 atom stereocenters. The molecule has 0 aromatic carbocycles. The van der Waals surface area contributed by atoms with Crippen LogP contribution in [0.3, 0.4) is 0 Å². The van der Waals surface area contributed by atoms with Crippen molar-refractivity contribution in [1.29, 1.82) is 0 Å². The molecule has 0 aromatic rings. The van der Waals surface area contributed by atoms with E-state index in [1.165, 1.54) is 11.4 Å². The molecular formula is C11H25O3PS2. The molecule has 0 heterocycles. The van der Waals surface area contributed by atoms with E-state index in [0.717, 1.165) is 0 Å². The van der Waals surface area contributed by atoms with Crippen LogP contribution in [0.2, 0.25) is 0 Å². The number of hydrogen-bond donors (Lipinski definition) is 1. The Labute approximate surface area is 115 Å². The van der Waals surface area contributed by atoms with E-state index in [1.807, 2.05) is 0 Å². The van der Waals surface area contributed by atoms with Crippen LogP contribution in [0.25, 0.3) is 0 Å². The fourth-order valence-corrected chi connectivity index (χ4v) is 5.30. The monoisotopic (exact) mass is 300 g/mol. The molecule has 0 aliphatic rings. The predicted octanol–water partition coefficient (Wildman–Crippen LogP) is 3.67. The smallest absolute Gasteiger partial charge is 0.247 e. The highest BCUT2D eigenvalue weighted by atomic mass is 32.9. The van der Waals surface area contributed by atoms with E-state index < -0.39 is 5.69 Å². The second-order valence-corrected chi connectivity index (χ2v) is 11.3. The molecule has 0 amide bonds. The van der Waals surface area contributed by atoms with Crippen LogP contribution in [0.4, 0.5) is 0 Å². The Morgan fingerprint density at radius 1 is 1.06 bits per heavy atom. The van der Waals surface area contributed by atoms with E-state index in [2.05, 4.69) is 27.7 Å². The van der Waals surface area contributed by atoms with Gasteiger partial charge in [-0.15, -0.1) is 0 Å². The topological polar surface area (TPSA) is 38.7 Å². The van der Waals surface area contributed by atoms with Gasteiger partial charge in [0.15, 0.2) is 0 Å². The Bertz CT molecular complexity index is 207. The summed E-state index contributed by atoms with van der Waals surface area (Å²) in [5.74, 6) is 1.44. The molecule has 0 aliphatic carbocycles. The molecule has 1 N–H and O–H groups in total. The minimum absolute atomic E-state index is 0.382. The van der Waals surface area contributed by atoms with Crippen LogP contribution in [0, 0.1) is 11.8 Å². The third-order valence-corrected chi connectivity index (χ3v) is 7.09. The summed E-state index contributed by atoms with van der Waals surface area (Å²) in [6.07, 6.45) is -0.382. The molecule has 0 saturated carbocycles. The van der Waals surface area contributed by atoms with Gasteiger partial charge in [0, 0.05) is 5.75 Å². The van der Waals surface area contributed by atoms with Gasteiger partial charge in [0.1, 0.15) is 0 Å². The lowest BCUT2D eigenvalue weighted by Crippen LogP contribution is -2.08. The largest absolute Gasteiger partial charge is 0.393 e. The van der Waals surface area contributed by atoms with Crippen molar-refractivity contribution in [2.75, 3.05) is 19.0 Å². The van der Waals surface area contributed by atoms with Crippen molar-refractivity contribution in [1.82, 2.24) is 0 Å². The Morgan fingerprint density at radius 2 is 1.47 bits per heavy atom.